The monoisotopic (exact) mass is 174 g/mol. The third-order valence-electron chi connectivity index (χ3n) is 2.96. The molecule has 0 aromatic heterocycles. The summed E-state index contributed by atoms with van der Waals surface area (Å²) < 4.78 is 11.6. The molecular formula is C9H20NO2+. The molecule has 72 valence electrons. The number of methoxy groups -OCH3 is 2. The minimum Gasteiger partial charge on any atom is -0.335 e. The fraction of sp³-hybridized carbons (Fsp3) is 1.00. The van der Waals surface area contributed by atoms with Crippen LogP contribution < -0.4 is 0 Å². The van der Waals surface area contributed by atoms with E-state index in [0.717, 1.165) is 11.2 Å². The van der Waals surface area contributed by atoms with Crippen molar-refractivity contribution in [3.8, 4) is 0 Å². The van der Waals surface area contributed by atoms with Crippen LogP contribution in [0.15, 0.2) is 0 Å². The molecule has 0 aromatic rings. The van der Waals surface area contributed by atoms with Crippen molar-refractivity contribution in [3.05, 3.63) is 0 Å². The molecule has 1 unspecified atom stereocenters. The van der Waals surface area contributed by atoms with Crippen LogP contribution in [-0.4, -0.2) is 44.8 Å². The van der Waals surface area contributed by atoms with E-state index >= 15 is 0 Å². The van der Waals surface area contributed by atoms with Crippen molar-refractivity contribution in [1.82, 2.24) is 0 Å². The van der Waals surface area contributed by atoms with Crippen LogP contribution in [0, 0.1) is 0 Å². The van der Waals surface area contributed by atoms with Crippen molar-refractivity contribution >= 4 is 0 Å². The zero-order valence-electron chi connectivity index (χ0n) is 8.38. The first-order valence-corrected chi connectivity index (χ1v) is 4.63. The first-order chi connectivity index (χ1) is 5.75. The zero-order chi connectivity index (χ0) is 9.03. The van der Waals surface area contributed by atoms with Crippen LogP contribution in [0.5, 0.6) is 0 Å². The Labute approximate surface area is 74.8 Å². The number of rotatable bonds is 4. The number of ether oxygens (including phenoxy) is 2. The molecule has 1 saturated heterocycles. The summed E-state index contributed by atoms with van der Waals surface area (Å²) >= 11 is 0. The highest BCUT2D eigenvalue weighted by atomic mass is 16.5. The van der Waals surface area contributed by atoms with Crippen LogP contribution in [0.1, 0.15) is 19.8 Å². The Balaban J connectivity index is 2.57. The molecule has 0 bridgehead atoms. The van der Waals surface area contributed by atoms with Crippen molar-refractivity contribution in [1.29, 1.82) is 0 Å². The van der Waals surface area contributed by atoms with Crippen LogP contribution in [-0.2, 0) is 9.47 Å². The van der Waals surface area contributed by atoms with Crippen LogP contribution in [0.2, 0.25) is 0 Å². The zero-order valence-corrected chi connectivity index (χ0v) is 8.38. The van der Waals surface area contributed by atoms with Gasteiger partial charge in [-0.25, -0.2) is 0 Å². The first kappa shape index (κ1) is 9.96. The smallest absolute Gasteiger partial charge is 0.191 e. The van der Waals surface area contributed by atoms with Gasteiger partial charge in [0.2, 0.25) is 0 Å². The van der Waals surface area contributed by atoms with Crippen molar-refractivity contribution in [2.24, 2.45) is 0 Å². The van der Waals surface area contributed by atoms with Gasteiger partial charge in [0.1, 0.15) is 0 Å². The van der Waals surface area contributed by atoms with E-state index in [1.54, 1.807) is 14.2 Å². The molecule has 1 fully saturated rings. The molecule has 0 amide bonds. The van der Waals surface area contributed by atoms with Gasteiger partial charge < -0.3 is 9.47 Å². The molecule has 3 nitrogen and oxygen atoms in total. The normalized spacial score (nSPS) is 24.2. The van der Waals surface area contributed by atoms with Gasteiger partial charge in [0.05, 0.1) is 13.1 Å². The van der Waals surface area contributed by atoms with Crippen LogP contribution in [0.3, 0.4) is 0 Å². The van der Waals surface area contributed by atoms with Crippen LogP contribution in [0.25, 0.3) is 0 Å². The van der Waals surface area contributed by atoms with Gasteiger partial charge in [0.25, 0.3) is 0 Å². The summed E-state index contributed by atoms with van der Waals surface area (Å²) in [7, 11) is 3.54. The topological polar surface area (TPSA) is 18.5 Å². The molecule has 1 heterocycles. The largest absolute Gasteiger partial charge is 0.335 e. The Morgan fingerprint density at radius 2 is 1.83 bits per heavy atom. The molecule has 0 saturated carbocycles. The standard InChI is InChI=1S/C9H20NO2/c1-9(12-3)10(8-11-2)6-4-5-7-10/h9H,4-8H2,1-3H3/q+1. The lowest BCUT2D eigenvalue weighted by molar-refractivity contribution is -0.974. The average Bonchev–Trinajstić information content (AvgIpc) is 2.53. The number of nitrogens with zero attached hydrogens (tertiary/aromatic N) is 1. The molecule has 0 aromatic carbocycles. The second-order valence-electron chi connectivity index (χ2n) is 3.63. The molecule has 3 heteroatoms. The van der Waals surface area contributed by atoms with E-state index in [4.69, 9.17) is 9.47 Å². The summed E-state index contributed by atoms with van der Waals surface area (Å²) in [5, 5.41) is 0. The van der Waals surface area contributed by atoms with E-state index in [9.17, 15) is 0 Å². The van der Waals surface area contributed by atoms with E-state index in [1.165, 1.54) is 25.9 Å². The van der Waals surface area contributed by atoms with Gasteiger partial charge in [-0.15, -0.1) is 0 Å². The fourth-order valence-corrected chi connectivity index (χ4v) is 2.04. The van der Waals surface area contributed by atoms with Crippen LogP contribution in [0.4, 0.5) is 0 Å². The lowest BCUT2D eigenvalue weighted by Crippen LogP contribution is -2.53. The minimum absolute atomic E-state index is 0.271. The van der Waals surface area contributed by atoms with Gasteiger partial charge in [-0.1, -0.05) is 0 Å². The van der Waals surface area contributed by atoms with Crippen LogP contribution >= 0.6 is 0 Å². The Hall–Kier alpha value is -0.120. The van der Waals surface area contributed by atoms with Crippen molar-refractivity contribution in [2.45, 2.75) is 26.0 Å². The summed E-state index contributed by atoms with van der Waals surface area (Å²) in [6.07, 6.45) is 2.88. The van der Waals surface area contributed by atoms with Gasteiger partial charge in [-0.2, -0.15) is 0 Å². The maximum Gasteiger partial charge on any atom is 0.191 e. The highest BCUT2D eigenvalue weighted by Crippen LogP contribution is 2.23. The van der Waals surface area contributed by atoms with E-state index in [1.807, 2.05) is 0 Å². The van der Waals surface area contributed by atoms with Crippen molar-refractivity contribution < 1.29 is 14.0 Å². The molecule has 0 aliphatic carbocycles. The number of hydrogen-bond donors (Lipinski definition) is 0. The number of hydrogen-bond acceptors (Lipinski definition) is 2. The summed E-state index contributed by atoms with van der Waals surface area (Å²) in [5.41, 5.74) is 0. The van der Waals surface area contributed by atoms with E-state index in [2.05, 4.69) is 6.92 Å². The Kier molecular flexibility index (Phi) is 3.50. The molecule has 0 N–H and O–H groups in total. The quantitative estimate of drug-likeness (QED) is 0.596. The van der Waals surface area contributed by atoms with Gasteiger partial charge in [-0.05, 0) is 0 Å². The molecule has 1 aliphatic heterocycles. The van der Waals surface area contributed by atoms with Crippen molar-refractivity contribution in [3.63, 3.8) is 0 Å². The number of quaternary nitrogens is 1. The van der Waals surface area contributed by atoms with Gasteiger partial charge >= 0.3 is 0 Å². The lowest BCUT2D eigenvalue weighted by Gasteiger charge is -2.37. The second kappa shape index (κ2) is 4.21. The fourth-order valence-electron chi connectivity index (χ4n) is 2.04. The second-order valence-corrected chi connectivity index (χ2v) is 3.63. The summed E-state index contributed by atoms with van der Waals surface area (Å²) in [6, 6.07) is 0. The van der Waals surface area contributed by atoms with Crippen molar-refractivity contribution in [2.75, 3.05) is 34.0 Å². The average molecular weight is 174 g/mol. The highest BCUT2D eigenvalue weighted by molar-refractivity contribution is 4.53. The maximum absolute atomic E-state index is 5.38. The Morgan fingerprint density at radius 3 is 2.25 bits per heavy atom. The third kappa shape index (κ3) is 1.79. The van der Waals surface area contributed by atoms with Gasteiger partial charge in [0, 0.05) is 34.0 Å². The predicted molar refractivity (Wildman–Crippen MR) is 47.6 cm³/mol. The maximum atomic E-state index is 5.38. The molecule has 0 spiro atoms. The summed E-state index contributed by atoms with van der Waals surface area (Å²) in [6.45, 7) is 5.31. The van der Waals surface area contributed by atoms with E-state index < -0.39 is 0 Å². The predicted octanol–water partition coefficient (Wildman–Crippen LogP) is 1.19. The SMILES string of the molecule is COC[N+]1(C(C)OC)CCCC1. The van der Waals surface area contributed by atoms with Gasteiger partial charge in [-0.3, -0.25) is 4.48 Å². The molecule has 1 atom stereocenters. The number of likely N-dealkylation sites (tertiary alicyclic amines) is 1. The first-order valence-electron chi connectivity index (χ1n) is 4.63. The van der Waals surface area contributed by atoms with E-state index in [-0.39, 0.29) is 6.23 Å². The Bertz CT molecular complexity index is 132. The Morgan fingerprint density at radius 1 is 1.25 bits per heavy atom. The highest BCUT2D eigenvalue weighted by Gasteiger charge is 2.37. The summed E-state index contributed by atoms with van der Waals surface area (Å²) in [5.74, 6) is 0. The lowest BCUT2D eigenvalue weighted by atomic mass is 10.4. The summed E-state index contributed by atoms with van der Waals surface area (Å²) in [4.78, 5) is 0. The van der Waals surface area contributed by atoms with E-state index in [0.29, 0.717) is 0 Å². The molecular weight excluding hydrogens is 154 g/mol. The molecule has 0 radical (unpaired) electrons. The van der Waals surface area contributed by atoms with Gasteiger partial charge in [0.15, 0.2) is 13.0 Å². The third-order valence-corrected chi connectivity index (χ3v) is 2.96. The minimum atomic E-state index is 0.271. The molecule has 1 rings (SSSR count). The molecule has 1 aliphatic rings. The molecule has 12 heavy (non-hydrogen) atoms.